The summed E-state index contributed by atoms with van der Waals surface area (Å²) >= 11 is 7.19. The number of allylic oxidation sites excluding steroid dienone is 1. The molecule has 0 fully saturated rings. The van der Waals surface area contributed by atoms with Crippen molar-refractivity contribution in [2.24, 2.45) is 5.92 Å². The summed E-state index contributed by atoms with van der Waals surface area (Å²) in [4.78, 5) is 11.5. The normalized spacial score (nSPS) is 12.1. The van der Waals surface area contributed by atoms with Crippen LogP contribution in [0.1, 0.15) is 18.7 Å². The minimum Gasteiger partial charge on any atom is -0.478 e. The van der Waals surface area contributed by atoms with Crippen molar-refractivity contribution in [2.45, 2.75) is 13.8 Å². The smallest absolute Gasteiger partial charge is 0.328 e. The zero-order valence-corrected chi connectivity index (χ0v) is 9.52. The zero-order chi connectivity index (χ0) is 10.7. The molecule has 0 bridgehead atoms. The summed E-state index contributed by atoms with van der Waals surface area (Å²) in [5.74, 6) is -0.737. The van der Waals surface area contributed by atoms with Gasteiger partial charge in [0, 0.05) is 11.0 Å². The first kappa shape index (κ1) is 11.3. The molecule has 0 saturated heterocycles. The van der Waals surface area contributed by atoms with Crippen LogP contribution < -0.4 is 0 Å². The summed E-state index contributed by atoms with van der Waals surface area (Å²) in [5, 5.41) is 8.70. The Bertz CT molecular complexity index is 366. The molecule has 0 spiro atoms. The zero-order valence-electron chi connectivity index (χ0n) is 7.95. The van der Waals surface area contributed by atoms with Crippen LogP contribution >= 0.6 is 22.9 Å². The maximum absolute atomic E-state index is 10.6. The summed E-state index contributed by atoms with van der Waals surface area (Å²) in [6, 6.07) is 3.63. The molecule has 1 N–H and O–H groups in total. The van der Waals surface area contributed by atoms with Crippen molar-refractivity contribution < 1.29 is 9.90 Å². The van der Waals surface area contributed by atoms with Gasteiger partial charge in [-0.2, -0.15) is 0 Å². The van der Waals surface area contributed by atoms with E-state index in [1.165, 1.54) is 17.4 Å². The van der Waals surface area contributed by atoms with E-state index in [0.717, 1.165) is 10.5 Å². The predicted octanol–water partition coefficient (Wildman–Crippen LogP) is 3.53. The molecule has 0 atom stereocenters. The van der Waals surface area contributed by atoms with Gasteiger partial charge in [0.1, 0.15) is 0 Å². The van der Waals surface area contributed by atoms with Crippen LogP contribution in [0.4, 0.5) is 0 Å². The average molecular weight is 231 g/mol. The van der Waals surface area contributed by atoms with E-state index in [9.17, 15) is 4.79 Å². The number of carbonyl (C=O) groups is 1. The van der Waals surface area contributed by atoms with E-state index >= 15 is 0 Å². The largest absolute Gasteiger partial charge is 0.478 e. The minimum atomic E-state index is -0.918. The summed E-state index contributed by atoms with van der Waals surface area (Å²) in [6.07, 6.45) is 1.24. The van der Waals surface area contributed by atoms with Gasteiger partial charge in [0.05, 0.1) is 4.34 Å². The second-order valence-electron chi connectivity index (χ2n) is 3.20. The van der Waals surface area contributed by atoms with Crippen LogP contribution in [0.15, 0.2) is 18.2 Å². The van der Waals surface area contributed by atoms with Crippen LogP contribution in [-0.2, 0) is 4.79 Å². The molecule has 0 amide bonds. The Kier molecular flexibility index (Phi) is 3.72. The molecule has 0 aliphatic rings. The monoisotopic (exact) mass is 230 g/mol. The summed E-state index contributed by atoms with van der Waals surface area (Å²) in [7, 11) is 0. The fourth-order valence-electron chi connectivity index (χ4n) is 1.12. The molecule has 0 aromatic carbocycles. The number of halogens is 1. The maximum atomic E-state index is 10.6. The van der Waals surface area contributed by atoms with Crippen LogP contribution in [-0.4, -0.2) is 11.1 Å². The lowest BCUT2D eigenvalue weighted by Gasteiger charge is -2.07. The number of carboxylic acid groups (broad SMARTS) is 1. The van der Waals surface area contributed by atoms with Gasteiger partial charge in [-0.15, -0.1) is 11.3 Å². The second-order valence-corrected chi connectivity index (χ2v) is 4.91. The van der Waals surface area contributed by atoms with Crippen molar-refractivity contribution in [1.82, 2.24) is 0 Å². The average Bonchev–Trinajstić information content (AvgIpc) is 2.46. The Hall–Kier alpha value is -0.800. The minimum absolute atomic E-state index is 0.181. The number of aliphatic carboxylic acids is 1. The highest BCUT2D eigenvalue weighted by atomic mass is 35.5. The van der Waals surface area contributed by atoms with Gasteiger partial charge in [0.25, 0.3) is 0 Å². The van der Waals surface area contributed by atoms with Gasteiger partial charge in [-0.3, -0.25) is 0 Å². The molecule has 4 heteroatoms. The number of hydrogen-bond acceptors (Lipinski definition) is 2. The molecule has 76 valence electrons. The lowest BCUT2D eigenvalue weighted by Crippen LogP contribution is -1.96. The molecule has 0 aliphatic carbocycles. The van der Waals surface area contributed by atoms with Crippen molar-refractivity contribution in [3.05, 3.63) is 27.4 Å². The third kappa shape index (κ3) is 2.86. The van der Waals surface area contributed by atoms with Crippen LogP contribution in [0.5, 0.6) is 0 Å². The molecule has 0 saturated carbocycles. The maximum Gasteiger partial charge on any atom is 0.328 e. The van der Waals surface area contributed by atoms with Gasteiger partial charge < -0.3 is 5.11 Å². The molecule has 0 aliphatic heterocycles. The van der Waals surface area contributed by atoms with Gasteiger partial charge in [-0.05, 0) is 23.6 Å². The Morgan fingerprint density at radius 1 is 1.57 bits per heavy atom. The standard InChI is InChI=1S/C10H11ClO2S/c1-6(2)7(5-10(12)13)8-3-4-9(11)14-8/h3-6H,1-2H3,(H,12,13)/b7-5+. The highest BCUT2D eigenvalue weighted by Crippen LogP contribution is 2.31. The summed E-state index contributed by atoms with van der Waals surface area (Å²) < 4.78 is 0.678. The Morgan fingerprint density at radius 2 is 2.21 bits per heavy atom. The fraction of sp³-hybridized carbons (Fsp3) is 0.300. The molecule has 1 aromatic rings. The Balaban J connectivity index is 3.06. The van der Waals surface area contributed by atoms with E-state index in [2.05, 4.69) is 0 Å². The predicted molar refractivity (Wildman–Crippen MR) is 59.8 cm³/mol. The van der Waals surface area contributed by atoms with Crippen LogP contribution in [0.25, 0.3) is 5.57 Å². The van der Waals surface area contributed by atoms with E-state index in [0.29, 0.717) is 4.34 Å². The van der Waals surface area contributed by atoms with Crippen molar-refractivity contribution in [2.75, 3.05) is 0 Å². The number of rotatable bonds is 3. The summed E-state index contributed by atoms with van der Waals surface area (Å²) in [5.41, 5.74) is 0.814. The van der Waals surface area contributed by atoms with Crippen LogP contribution in [0.3, 0.4) is 0 Å². The van der Waals surface area contributed by atoms with Crippen molar-refractivity contribution in [3.8, 4) is 0 Å². The van der Waals surface area contributed by atoms with Crippen LogP contribution in [0, 0.1) is 5.92 Å². The third-order valence-electron chi connectivity index (χ3n) is 1.76. The first-order chi connectivity index (χ1) is 6.50. The molecular formula is C10H11ClO2S. The van der Waals surface area contributed by atoms with Gasteiger partial charge in [-0.1, -0.05) is 25.4 Å². The van der Waals surface area contributed by atoms with E-state index < -0.39 is 5.97 Å². The quantitative estimate of drug-likeness (QED) is 0.807. The lowest BCUT2D eigenvalue weighted by molar-refractivity contribution is -0.131. The van der Waals surface area contributed by atoms with Crippen molar-refractivity contribution >= 4 is 34.5 Å². The van der Waals surface area contributed by atoms with Crippen molar-refractivity contribution in [1.29, 1.82) is 0 Å². The number of thiophene rings is 1. The van der Waals surface area contributed by atoms with Crippen molar-refractivity contribution in [3.63, 3.8) is 0 Å². The number of hydrogen-bond donors (Lipinski definition) is 1. The molecule has 1 heterocycles. The van der Waals surface area contributed by atoms with Gasteiger partial charge in [0.15, 0.2) is 0 Å². The van der Waals surface area contributed by atoms with Gasteiger partial charge in [-0.25, -0.2) is 4.79 Å². The SMILES string of the molecule is CC(C)/C(=C\C(=O)O)c1ccc(Cl)s1. The Morgan fingerprint density at radius 3 is 2.57 bits per heavy atom. The molecule has 14 heavy (non-hydrogen) atoms. The molecule has 0 radical (unpaired) electrons. The molecule has 1 aromatic heterocycles. The molecular weight excluding hydrogens is 220 g/mol. The van der Waals surface area contributed by atoms with E-state index in [1.807, 2.05) is 19.9 Å². The first-order valence-corrected chi connectivity index (χ1v) is 5.40. The molecule has 0 unspecified atom stereocenters. The second kappa shape index (κ2) is 4.62. The van der Waals surface area contributed by atoms with Gasteiger partial charge in [0.2, 0.25) is 0 Å². The van der Waals surface area contributed by atoms with Gasteiger partial charge >= 0.3 is 5.97 Å². The van der Waals surface area contributed by atoms with Crippen LogP contribution in [0.2, 0.25) is 4.34 Å². The Labute approximate surface area is 91.8 Å². The molecule has 2 nitrogen and oxygen atoms in total. The van der Waals surface area contributed by atoms with E-state index in [-0.39, 0.29) is 5.92 Å². The molecule has 1 rings (SSSR count). The topological polar surface area (TPSA) is 37.3 Å². The fourth-order valence-corrected chi connectivity index (χ4v) is 2.33. The highest BCUT2D eigenvalue weighted by molar-refractivity contribution is 7.17. The first-order valence-electron chi connectivity index (χ1n) is 4.21. The summed E-state index contributed by atoms with van der Waals surface area (Å²) in [6.45, 7) is 3.92. The highest BCUT2D eigenvalue weighted by Gasteiger charge is 2.10. The third-order valence-corrected chi connectivity index (χ3v) is 3.04. The number of carboxylic acids is 1. The lowest BCUT2D eigenvalue weighted by atomic mass is 10.0. The van der Waals surface area contributed by atoms with E-state index in [4.69, 9.17) is 16.7 Å². The van der Waals surface area contributed by atoms with E-state index in [1.54, 1.807) is 6.07 Å².